The SMILES string of the molecule is CC(C)(O)[SiH]1CCCCO1. The summed E-state index contributed by atoms with van der Waals surface area (Å²) < 4.78 is 5.53. The van der Waals surface area contributed by atoms with Gasteiger partial charge in [0, 0.05) is 6.61 Å². The molecule has 1 rings (SSSR count). The fourth-order valence-electron chi connectivity index (χ4n) is 1.30. The van der Waals surface area contributed by atoms with Crippen molar-refractivity contribution in [3.63, 3.8) is 0 Å². The van der Waals surface area contributed by atoms with Gasteiger partial charge in [-0.05, 0) is 26.3 Å². The first-order valence-electron chi connectivity index (χ1n) is 3.94. The summed E-state index contributed by atoms with van der Waals surface area (Å²) >= 11 is 0. The molecule has 0 bridgehead atoms. The van der Waals surface area contributed by atoms with E-state index in [1.54, 1.807) is 0 Å². The highest BCUT2D eigenvalue weighted by Gasteiger charge is 2.31. The van der Waals surface area contributed by atoms with Gasteiger partial charge in [-0.1, -0.05) is 6.42 Å². The molecule has 0 saturated carbocycles. The predicted molar refractivity (Wildman–Crippen MR) is 43.4 cm³/mol. The Hall–Kier alpha value is 0.137. The largest absolute Gasteiger partial charge is 0.417 e. The summed E-state index contributed by atoms with van der Waals surface area (Å²) in [6.45, 7) is 4.62. The van der Waals surface area contributed by atoms with Crippen molar-refractivity contribution in [1.82, 2.24) is 0 Å². The van der Waals surface area contributed by atoms with Crippen LogP contribution in [0.5, 0.6) is 0 Å². The lowest BCUT2D eigenvalue weighted by Crippen LogP contribution is -2.44. The maximum absolute atomic E-state index is 9.58. The second-order valence-electron chi connectivity index (χ2n) is 3.51. The van der Waals surface area contributed by atoms with Crippen LogP contribution in [0.25, 0.3) is 0 Å². The summed E-state index contributed by atoms with van der Waals surface area (Å²) in [6, 6.07) is 1.14. The van der Waals surface area contributed by atoms with E-state index < -0.39 is 14.3 Å². The smallest absolute Gasteiger partial charge is 0.207 e. The molecule has 2 nitrogen and oxygen atoms in total. The highest BCUT2D eigenvalue weighted by atomic mass is 28.3. The molecule has 0 amide bonds. The molecule has 1 unspecified atom stereocenters. The summed E-state index contributed by atoms with van der Waals surface area (Å²) in [5, 5.41) is 9.07. The molecule has 0 aromatic carbocycles. The molecule has 0 aromatic rings. The highest BCUT2D eigenvalue weighted by molar-refractivity contribution is 6.55. The lowest BCUT2D eigenvalue weighted by molar-refractivity contribution is 0.122. The van der Waals surface area contributed by atoms with Crippen LogP contribution in [0, 0.1) is 0 Å². The number of hydrogen-bond acceptors (Lipinski definition) is 2. The maximum Gasteiger partial charge on any atom is 0.207 e. The van der Waals surface area contributed by atoms with Crippen LogP contribution < -0.4 is 0 Å². The maximum atomic E-state index is 9.58. The Balaban J connectivity index is 2.39. The van der Waals surface area contributed by atoms with Gasteiger partial charge >= 0.3 is 0 Å². The fraction of sp³-hybridized carbons (Fsp3) is 1.00. The van der Waals surface area contributed by atoms with Crippen LogP contribution in [0.15, 0.2) is 0 Å². The Bertz CT molecular complexity index is 103. The summed E-state index contributed by atoms with van der Waals surface area (Å²) in [7, 11) is -1.26. The van der Waals surface area contributed by atoms with E-state index in [2.05, 4.69) is 0 Å². The average molecular weight is 160 g/mol. The van der Waals surface area contributed by atoms with Crippen LogP contribution >= 0.6 is 0 Å². The average Bonchev–Trinajstić information content (AvgIpc) is 1.88. The van der Waals surface area contributed by atoms with Gasteiger partial charge in [0.1, 0.15) is 0 Å². The summed E-state index contributed by atoms with van der Waals surface area (Å²) in [5.74, 6) is 0. The third-order valence-corrected chi connectivity index (χ3v) is 5.11. The van der Waals surface area contributed by atoms with Gasteiger partial charge in [0.15, 0.2) is 0 Å². The zero-order chi connectivity index (χ0) is 7.61. The molecule has 10 heavy (non-hydrogen) atoms. The molecule has 0 aliphatic carbocycles. The molecule has 1 aliphatic rings. The zero-order valence-electron chi connectivity index (χ0n) is 6.76. The quantitative estimate of drug-likeness (QED) is 0.576. The van der Waals surface area contributed by atoms with Gasteiger partial charge in [0.2, 0.25) is 9.04 Å². The van der Waals surface area contributed by atoms with Crippen molar-refractivity contribution >= 4 is 9.04 Å². The Kier molecular flexibility index (Phi) is 2.49. The normalized spacial score (nSPS) is 28.5. The standard InChI is InChI=1S/C7H16O2Si/c1-7(2,8)10-6-4-3-5-9-10/h8,10H,3-6H2,1-2H3. The van der Waals surface area contributed by atoms with Gasteiger partial charge in [-0.15, -0.1) is 0 Å². The number of rotatable bonds is 1. The highest BCUT2D eigenvalue weighted by Crippen LogP contribution is 2.19. The topological polar surface area (TPSA) is 29.5 Å². The minimum absolute atomic E-state index is 0.513. The van der Waals surface area contributed by atoms with E-state index in [0.29, 0.717) is 0 Å². The van der Waals surface area contributed by atoms with Gasteiger partial charge in [0.25, 0.3) is 0 Å². The van der Waals surface area contributed by atoms with E-state index in [1.807, 2.05) is 13.8 Å². The van der Waals surface area contributed by atoms with Crippen molar-refractivity contribution in [2.24, 2.45) is 0 Å². The molecule has 0 radical (unpaired) electrons. The third-order valence-electron chi connectivity index (χ3n) is 1.97. The van der Waals surface area contributed by atoms with Crippen LogP contribution in [0.4, 0.5) is 0 Å². The van der Waals surface area contributed by atoms with Crippen molar-refractivity contribution in [2.75, 3.05) is 6.61 Å². The van der Waals surface area contributed by atoms with Crippen LogP contribution in [-0.2, 0) is 4.43 Å². The van der Waals surface area contributed by atoms with E-state index in [-0.39, 0.29) is 0 Å². The molecule has 0 spiro atoms. The van der Waals surface area contributed by atoms with Gasteiger partial charge in [-0.3, -0.25) is 0 Å². The Morgan fingerprint density at radius 2 is 2.10 bits per heavy atom. The zero-order valence-corrected chi connectivity index (χ0v) is 7.92. The van der Waals surface area contributed by atoms with Crippen LogP contribution in [0.3, 0.4) is 0 Å². The van der Waals surface area contributed by atoms with Crippen molar-refractivity contribution in [3.8, 4) is 0 Å². The predicted octanol–water partition coefficient (Wildman–Crippen LogP) is 0.831. The van der Waals surface area contributed by atoms with E-state index in [1.165, 1.54) is 12.8 Å². The lowest BCUT2D eigenvalue weighted by atomic mass is 10.4. The Morgan fingerprint density at radius 3 is 2.40 bits per heavy atom. The minimum Gasteiger partial charge on any atom is -0.417 e. The second-order valence-corrected chi connectivity index (χ2v) is 6.81. The summed E-state index contributed by atoms with van der Waals surface area (Å²) in [4.78, 5) is 0. The Labute approximate surface area is 63.9 Å². The lowest BCUT2D eigenvalue weighted by Gasteiger charge is -2.30. The van der Waals surface area contributed by atoms with Crippen molar-refractivity contribution in [2.45, 2.75) is 38.0 Å². The molecule has 1 atom stereocenters. The molecule has 1 heterocycles. The van der Waals surface area contributed by atoms with E-state index >= 15 is 0 Å². The van der Waals surface area contributed by atoms with Gasteiger partial charge < -0.3 is 9.53 Å². The fourth-order valence-corrected chi connectivity index (χ4v) is 3.69. The van der Waals surface area contributed by atoms with Gasteiger partial charge in [-0.25, -0.2) is 0 Å². The van der Waals surface area contributed by atoms with E-state index in [4.69, 9.17) is 4.43 Å². The molecular formula is C7H16O2Si. The van der Waals surface area contributed by atoms with E-state index in [9.17, 15) is 5.11 Å². The summed E-state index contributed by atoms with van der Waals surface area (Å²) in [6.07, 6.45) is 2.43. The van der Waals surface area contributed by atoms with E-state index in [0.717, 1.165) is 12.7 Å². The molecule has 1 aliphatic heterocycles. The third kappa shape index (κ3) is 2.07. The van der Waals surface area contributed by atoms with Crippen LogP contribution in [0.2, 0.25) is 6.04 Å². The van der Waals surface area contributed by atoms with Crippen molar-refractivity contribution < 1.29 is 9.53 Å². The van der Waals surface area contributed by atoms with Crippen LogP contribution in [0.1, 0.15) is 26.7 Å². The monoisotopic (exact) mass is 160 g/mol. The molecule has 3 heteroatoms. The Morgan fingerprint density at radius 1 is 1.40 bits per heavy atom. The molecule has 1 saturated heterocycles. The first-order chi connectivity index (χ1) is 4.61. The summed E-state index contributed by atoms with van der Waals surface area (Å²) in [5.41, 5.74) is 0. The molecule has 1 N–H and O–H groups in total. The molecule has 60 valence electrons. The number of aliphatic hydroxyl groups is 1. The molecule has 0 aromatic heterocycles. The second kappa shape index (κ2) is 3.03. The first-order valence-corrected chi connectivity index (χ1v) is 5.81. The molecular weight excluding hydrogens is 144 g/mol. The molecule has 1 fully saturated rings. The van der Waals surface area contributed by atoms with Crippen molar-refractivity contribution in [3.05, 3.63) is 0 Å². The van der Waals surface area contributed by atoms with Crippen molar-refractivity contribution in [1.29, 1.82) is 0 Å². The van der Waals surface area contributed by atoms with Crippen LogP contribution in [-0.4, -0.2) is 26.0 Å². The number of hydrogen-bond donors (Lipinski definition) is 1. The first kappa shape index (κ1) is 8.24. The van der Waals surface area contributed by atoms with Gasteiger partial charge in [-0.2, -0.15) is 0 Å². The van der Waals surface area contributed by atoms with Gasteiger partial charge in [0.05, 0.1) is 5.22 Å². The minimum atomic E-state index is -1.26.